The lowest BCUT2D eigenvalue weighted by atomic mass is 10.1. The molecule has 1 nitrogen and oxygen atoms in total. The molecule has 0 heterocycles. The maximum atomic E-state index is 8.61. The van der Waals surface area contributed by atoms with Gasteiger partial charge in [-0.3, -0.25) is 0 Å². The van der Waals surface area contributed by atoms with Crippen LogP contribution in [0.15, 0.2) is 30.3 Å². The van der Waals surface area contributed by atoms with Gasteiger partial charge in [0.2, 0.25) is 0 Å². The van der Waals surface area contributed by atoms with Crippen LogP contribution >= 0.6 is 11.6 Å². The first-order valence-electron chi connectivity index (χ1n) is 3.64. The number of aliphatic hydroxyl groups is 1. The summed E-state index contributed by atoms with van der Waals surface area (Å²) in [6.45, 7) is 0.142. The lowest BCUT2D eigenvalue weighted by Crippen LogP contribution is -1.92. The Bertz CT molecular complexity index is 198. The molecule has 0 aliphatic rings. The summed E-state index contributed by atoms with van der Waals surface area (Å²) in [6, 6.07) is 9.77. The third-order valence-electron chi connectivity index (χ3n) is 1.54. The van der Waals surface area contributed by atoms with Gasteiger partial charge < -0.3 is 5.11 Å². The van der Waals surface area contributed by atoms with E-state index < -0.39 is 0 Å². The molecule has 0 spiro atoms. The highest BCUT2D eigenvalue weighted by molar-refractivity contribution is 6.20. The quantitative estimate of drug-likeness (QED) is 0.691. The Hall–Kier alpha value is -0.530. The molecule has 0 unspecified atom stereocenters. The average molecular weight is 171 g/mol. The van der Waals surface area contributed by atoms with E-state index in [9.17, 15) is 0 Å². The molecular weight excluding hydrogens is 160 g/mol. The van der Waals surface area contributed by atoms with Gasteiger partial charge in [-0.25, -0.2) is 0 Å². The van der Waals surface area contributed by atoms with Gasteiger partial charge in [-0.15, -0.1) is 11.6 Å². The van der Waals surface area contributed by atoms with E-state index in [-0.39, 0.29) is 12.0 Å². The van der Waals surface area contributed by atoms with Crippen LogP contribution in [0, 0.1) is 0 Å². The Morgan fingerprint density at radius 3 is 2.45 bits per heavy atom. The molecule has 0 aliphatic heterocycles. The summed E-state index contributed by atoms with van der Waals surface area (Å²) in [5.41, 5.74) is 1.07. The van der Waals surface area contributed by atoms with E-state index in [0.717, 1.165) is 5.56 Å². The van der Waals surface area contributed by atoms with Gasteiger partial charge in [0.15, 0.2) is 0 Å². The predicted octanol–water partition coefficient (Wildman–Crippen LogP) is 2.35. The van der Waals surface area contributed by atoms with Gasteiger partial charge in [0, 0.05) is 6.61 Å². The van der Waals surface area contributed by atoms with Crippen molar-refractivity contribution in [3.05, 3.63) is 35.9 Å². The highest BCUT2D eigenvalue weighted by atomic mass is 35.5. The summed E-state index contributed by atoms with van der Waals surface area (Å²) < 4.78 is 0. The summed E-state index contributed by atoms with van der Waals surface area (Å²) in [6.07, 6.45) is 0.617. The lowest BCUT2D eigenvalue weighted by molar-refractivity contribution is 0.286. The smallest absolute Gasteiger partial charge is 0.0607 e. The van der Waals surface area contributed by atoms with E-state index in [1.807, 2.05) is 30.3 Å². The molecule has 60 valence electrons. The average Bonchev–Trinajstić information content (AvgIpc) is 2.07. The van der Waals surface area contributed by atoms with Crippen molar-refractivity contribution >= 4 is 11.6 Å². The van der Waals surface area contributed by atoms with Gasteiger partial charge in [0.1, 0.15) is 0 Å². The maximum absolute atomic E-state index is 8.61. The Morgan fingerprint density at radius 2 is 1.91 bits per heavy atom. The number of rotatable bonds is 3. The molecule has 1 aromatic carbocycles. The first-order valence-corrected chi connectivity index (χ1v) is 4.08. The molecular formula is C9H11ClO. The van der Waals surface area contributed by atoms with E-state index in [1.165, 1.54) is 0 Å². The molecule has 0 saturated carbocycles. The molecule has 0 radical (unpaired) electrons. The third kappa shape index (κ3) is 2.52. The number of halogens is 1. The molecule has 1 aromatic rings. The molecule has 1 rings (SSSR count). The molecule has 1 atom stereocenters. The van der Waals surface area contributed by atoms with Crippen LogP contribution in [-0.2, 0) is 0 Å². The number of alkyl halides is 1. The van der Waals surface area contributed by atoms with Crippen molar-refractivity contribution in [1.29, 1.82) is 0 Å². The Labute approximate surface area is 71.6 Å². The number of hydrogen-bond acceptors (Lipinski definition) is 1. The van der Waals surface area contributed by atoms with E-state index >= 15 is 0 Å². The second-order valence-electron chi connectivity index (χ2n) is 2.39. The van der Waals surface area contributed by atoms with Gasteiger partial charge in [-0.2, -0.15) is 0 Å². The summed E-state index contributed by atoms with van der Waals surface area (Å²) in [5, 5.41) is 8.56. The fourth-order valence-electron chi connectivity index (χ4n) is 0.942. The lowest BCUT2D eigenvalue weighted by Gasteiger charge is -2.06. The minimum absolute atomic E-state index is 0.0544. The van der Waals surface area contributed by atoms with Gasteiger partial charge in [0.05, 0.1) is 5.38 Å². The summed E-state index contributed by atoms with van der Waals surface area (Å²) in [7, 11) is 0. The minimum atomic E-state index is -0.0544. The van der Waals surface area contributed by atoms with Crippen molar-refractivity contribution < 1.29 is 5.11 Å². The van der Waals surface area contributed by atoms with Crippen molar-refractivity contribution in [1.82, 2.24) is 0 Å². The van der Waals surface area contributed by atoms with Crippen LogP contribution in [0.3, 0.4) is 0 Å². The SMILES string of the molecule is OCC[C@@H](Cl)c1ccccc1. The van der Waals surface area contributed by atoms with E-state index in [2.05, 4.69) is 0 Å². The topological polar surface area (TPSA) is 20.2 Å². The van der Waals surface area contributed by atoms with Crippen molar-refractivity contribution in [2.24, 2.45) is 0 Å². The van der Waals surface area contributed by atoms with Crippen molar-refractivity contribution in [2.45, 2.75) is 11.8 Å². The van der Waals surface area contributed by atoms with Crippen LogP contribution in [0.2, 0.25) is 0 Å². The Kier molecular flexibility index (Phi) is 3.40. The maximum Gasteiger partial charge on any atom is 0.0607 e. The van der Waals surface area contributed by atoms with E-state index in [0.29, 0.717) is 6.42 Å². The fraction of sp³-hybridized carbons (Fsp3) is 0.333. The minimum Gasteiger partial charge on any atom is -0.396 e. The zero-order valence-electron chi connectivity index (χ0n) is 6.20. The summed E-state index contributed by atoms with van der Waals surface area (Å²) in [5.74, 6) is 0. The van der Waals surface area contributed by atoms with Crippen LogP contribution in [0.5, 0.6) is 0 Å². The molecule has 0 aromatic heterocycles. The van der Waals surface area contributed by atoms with Crippen molar-refractivity contribution in [2.75, 3.05) is 6.61 Å². The largest absolute Gasteiger partial charge is 0.396 e. The van der Waals surface area contributed by atoms with Crippen LogP contribution in [0.4, 0.5) is 0 Å². The third-order valence-corrected chi connectivity index (χ3v) is 2.01. The number of hydrogen-bond donors (Lipinski definition) is 1. The van der Waals surface area contributed by atoms with Crippen molar-refractivity contribution in [3.63, 3.8) is 0 Å². The van der Waals surface area contributed by atoms with E-state index in [4.69, 9.17) is 16.7 Å². The molecule has 2 heteroatoms. The monoisotopic (exact) mass is 170 g/mol. The standard InChI is InChI=1S/C9H11ClO/c10-9(6-7-11)8-4-2-1-3-5-8/h1-5,9,11H,6-7H2/t9-/m1/s1. The van der Waals surface area contributed by atoms with Crippen LogP contribution in [0.1, 0.15) is 17.4 Å². The van der Waals surface area contributed by atoms with Crippen molar-refractivity contribution in [3.8, 4) is 0 Å². The highest BCUT2D eigenvalue weighted by Gasteiger charge is 2.04. The van der Waals surface area contributed by atoms with Gasteiger partial charge in [-0.05, 0) is 12.0 Å². The predicted molar refractivity (Wildman–Crippen MR) is 46.7 cm³/mol. The zero-order valence-corrected chi connectivity index (χ0v) is 6.96. The molecule has 11 heavy (non-hydrogen) atoms. The normalized spacial score (nSPS) is 12.9. The second kappa shape index (κ2) is 4.37. The van der Waals surface area contributed by atoms with Gasteiger partial charge in [-0.1, -0.05) is 30.3 Å². The highest BCUT2D eigenvalue weighted by Crippen LogP contribution is 2.22. The number of aliphatic hydroxyl groups excluding tert-OH is 1. The van der Waals surface area contributed by atoms with Gasteiger partial charge in [0.25, 0.3) is 0 Å². The molecule has 0 amide bonds. The van der Waals surface area contributed by atoms with Gasteiger partial charge >= 0.3 is 0 Å². The Balaban J connectivity index is 2.61. The first-order chi connectivity index (χ1) is 5.34. The molecule has 0 aliphatic carbocycles. The van der Waals surface area contributed by atoms with Crippen LogP contribution in [-0.4, -0.2) is 11.7 Å². The molecule has 1 N–H and O–H groups in total. The molecule has 0 saturated heterocycles. The second-order valence-corrected chi connectivity index (χ2v) is 2.92. The first kappa shape index (κ1) is 8.57. The Morgan fingerprint density at radius 1 is 1.27 bits per heavy atom. The zero-order chi connectivity index (χ0) is 8.10. The molecule has 0 fully saturated rings. The molecule has 0 bridgehead atoms. The van der Waals surface area contributed by atoms with Crippen LogP contribution < -0.4 is 0 Å². The van der Waals surface area contributed by atoms with Crippen LogP contribution in [0.25, 0.3) is 0 Å². The summed E-state index contributed by atoms with van der Waals surface area (Å²) >= 11 is 5.95. The fourth-order valence-corrected chi connectivity index (χ4v) is 1.18. The summed E-state index contributed by atoms with van der Waals surface area (Å²) in [4.78, 5) is 0. The number of benzene rings is 1. The van der Waals surface area contributed by atoms with E-state index in [1.54, 1.807) is 0 Å².